The minimum absolute atomic E-state index is 0.295. The van der Waals surface area contributed by atoms with Crippen LogP contribution < -0.4 is 5.73 Å². The molecule has 1 saturated heterocycles. The van der Waals surface area contributed by atoms with Crippen LogP contribution in [0.15, 0.2) is 0 Å². The lowest BCUT2D eigenvalue weighted by molar-refractivity contribution is 0.118. The molecule has 1 fully saturated rings. The Kier molecular flexibility index (Phi) is 8.57. The Morgan fingerprint density at radius 2 is 1.79 bits per heavy atom. The number of piperazine rings is 1. The topological polar surface area (TPSA) is 45.0 Å². The number of hydrogen-bond donors (Lipinski definition) is 1. The molecular formula is C14H32N4O. The first kappa shape index (κ1) is 16.9. The maximum Gasteiger partial charge on any atom is 0.0462 e. The molecule has 0 aromatic heterocycles. The van der Waals surface area contributed by atoms with E-state index in [2.05, 4.69) is 28.8 Å². The van der Waals surface area contributed by atoms with E-state index < -0.39 is 0 Å². The van der Waals surface area contributed by atoms with E-state index >= 15 is 0 Å². The summed E-state index contributed by atoms with van der Waals surface area (Å²) < 4.78 is 5.06. The lowest BCUT2D eigenvalue weighted by Crippen LogP contribution is -2.50. The van der Waals surface area contributed by atoms with Gasteiger partial charge in [-0.1, -0.05) is 0 Å². The van der Waals surface area contributed by atoms with E-state index in [9.17, 15) is 0 Å². The van der Waals surface area contributed by atoms with Gasteiger partial charge in [0.05, 0.1) is 0 Å². The number of nitrogens with zero attached hydrogens (tertiary/aromatic N) is 3. The van der Waals surface area contributed by atoms with Crippen LogP contribution in [0.4, 0.5) is 0 Å². The second-order valence-electron chi connectivity index (χ2n) is 5.84. The van der Waals surface area contributed by atoms with Crippen molar-refractivity contribution in [2.24, 2.45) is 5.73 Å². The monoisotopic (exact) mass is 272 g/mol. The van der Waals surface area contributed by atoms with Gasteiger partial charge in [-0.25, -0.2) is 0 Å². The van der Waals surface area contributed by atoms with Gasteiger partial charge in [0.2, 0.25) is 0 Å². The van der Waals surface area contributed by atoms with Crippen molar-refractivity contribution in [3.8, 4) is 0 Å². The Balaban J connectivity index is 2.08. The van der Waals surface area contributed by atoms with Crippen molar-refractivity contribution >= 4 is 0 Å². The largest absolute Gasteiger partial charge is 0.385 e. The Hall–Kier alpha value is -0.200. The van der Waals surface area contributed by atoms with Crippen molar-refractivity contribution in [2.75, 3.05) is 73.6 Å². The highest BCUT2D eigenvalue weighted by molar-refractivity contribution is 4.76. The molecule has 0 aromatic rings. The van der Waals surface area contributed by atoms with Crippen molar-refractivity contribution in [3.05, 3.63) is 0 Å². The standard InChI is InChI=1S/C14H32N4O/c1-16(2)6-7-17-8-10-18(11-9-17)13-14(15)5-4-12-19-3/h14H,4-13,15H2,1-3H3. The number of likely N-dealkylation sites (N-methyl/N-ethyl adjacent to an activating group) is 1. The van der Waals surface area contributed by atoms with Crippen LogP contribution in [0.2, 0.25) is 0 Å². The van der Waals surface area contributed by atoms with Crippen molar-refractivity contribution in [1.82, 2.24) is 14.7 Å². The lowest BCUT2D eigenvalue weighted by atomic mass is 10.1. The van der Waals surface area contributed by atoms with Gasteiger partial charge in [-0.3, -0.25) is 9.80 Å². The van der Waals surface area contributed by atoms with Gasteiger partial charge in [-0.05, 0) is 26.9 Å². The molecule has 1 aliphatic heterocycles. The molecule has 114 valence electrons. The first-order valence-corrected chi connectivity index (χ1v) is 7.45. The zero-order valence-corrected chi connectivity index (χ0v) is 13.0. The fraction of sp³-hybridized carbons (Fsp3) is 1.00. The minimum Gasteiger partial charge on any atom is -0.385 e. The Morgan fingerprint density at radius 1 is 1.16 bits per heavy atom. The van der Waals surface area contributed by atoms with Gasteiger partial charge in [0.15, 0.2) is 0 Å². The summed E-state index contributed by atoms with van der Waals surface area (Å²) >= 11 is 0. The molecule has 1 unspecified atom stereocenters. The van der Waals surface area contributed by atoms with Crippen LogP contribution >= 0.6 is 0 Å². The third-order valence-electron chi connectivity index (χ3n) is 3.74. The van der Waals surface area contributed by atoms with Gasteiger partial charge >= 0.3 is 0 Å². The van der Waals surface area contributed by atoms with E-state index in [1.54, 1.807) is 7.11 Å². The maximum absolute atomic E-state index is 6.16. The molecule has 0 spiro atoms. The first-order valence-electron chi connectivity index (χ1n) is 7.45. The highest BCUT2D eigenvalue weighted by atomic mass is 16.5. The third-order valence-corrected chi connectivity index (χ3v) is 3.74. The fourth-order valence-electron chi connectivity index (χ4n) is 2.45. The van der Waals surface area contributed by atoms with Gasteiger partial charge in [0, 0.05) is 65.6 Å². The number of nitrogens with two attached hydrogens (primary N) is 1. The number of methoxy groups -OCH3 is 1. The number of rotatable bonds is 9. The van der Waals surface area contributed by atoms with Gasteiger partial charge in [-0.15, -0.1) is 0 Å². The average Bonchev–Trinajstić information content (AvgIpc) is 2.38. The summed E-state index contributed by atoms with van der Waals surface area (Å²) in [6.45, 7) is 8.86. The predicted molar refractivity (Wildman–Crippen MR) is 80.5 cm³/mol. The molecule has 0 aliphatic carbocycles. The normalized spacial score (nSPS) is 20.1. The van der Waals surface area contributed by atoms with Crippen LogP contribution in [0.5, 0.6) is 0 Å². The number of hydrogen-bond acceptors (Lipinski definition) is 5. The van der Waals surface area contributed by atoms with Crippen molar-refractivity contribution in [3.63, 3.8) is 0 Å². The first-order chi connectivity index (χ1) is 9.11. The zero-order valence-electron chi connectivity index (χ0n) is 13.0. The summed E-state index contributed by atoms with van der Waals surface area (Å²) in [5.74, 6) is 0. The minimum atomic E-state index is 0.295. The van der Waals surface area contributed by atoms with Crippen molar-refractivity contribution in [1.29, 1.82) is 0 Å². The Bertz CT molecular complexity index is 217. The molecule has 0 amide bonds. The zero-order chi connectivity index (χ0) is 14.1. The number of ether oxygens (including phenoxy) is 1. The van der Waals surface area contributed by atoms with Crippen molar-refractivity contribution < 1.29 is 4.74 Å². The summed E-state index contributed by atoms with van der Waals surface area (Å²) in [5, 5.41) is 0. The van der Waals surface area contributed by atoms with Crippen LogP contribution in [0, 0.1) is 0 Å². The fourth-order valence-corrected chi connectivity index (χ4v) is 2.45. The molecule has 0 saturated carbocycles. The molecule has 5 heteroatoms. The van der Waals surface area contributed by atoms with E-state index in [0.29, 0.717) is 6.04 Å². The molecule has 0 bridgehead atoms. The molecule has 1 rings (SSSR count). The molecule has 1 atom stereocenters. The SMILES string of the molecule is COCCCC(N)CN1CCN(CCN(C)C)CC1. The van der Waals surface area contributed by atoms with Crippen LogP contribution in [0.25, 0.3) is 0 Å². The molecule has 2 N–H and O–H groups in total. The summed E-state index contributed by atoms with van der Waals surface area (Å²) in [5.41, 5.74) is 6.16. The summed E-state index contributed by atoms with van der Waals surface area (Å²) in [6, 6.07) is 0.295. The Morgan fingerprint density at radius 3 is 2.37 bits per heavy atom. The summed E-state index contributed by atoms with van der Waals surface area (Å²) in [6.07, 6.45) is 2.13. The van der Waals surface area contributed by atoms with E-state index in [1.807, 2.05) is 0 Å². The van der Waals surface area contributed by atoms with Crippen LogP contribution in [-0.2, 0) is 4.74 Å². The highest BCUT2D eigenvalue weighted by Crippen LogP contribution is 2.04. The second-order valence-corrected chi connectivity index (χ2v) is 5.84. The molecule has 0 radical (unpaired) electrons. The second kappa shape index (κ2) is 9.66. The van der Waals surface area contributed by atoms with Gasteiger partial charge in [0.25, 0.3) is 0 Å². The molecular weight excluding hydrogens is 240 g/mol. The summed E-state index contributed by atoms with van der Waals surface area (Å²) in [7, 11) is 6.02. The van der Waals surface area contributed by atoms with E-state index in [4.69, 9.17) is 10.5 Å². The predicted octanol–water partition coefficient (Wildman–Crippen LogP) is -0.0805. The summed E-state index contributed by atoms with van der Waals surface area (Å²) in [4.78, 5) is 7.30. The molecule has 1 aliphatic rings. The Labute approximate surface area is 118 Å². The molecule has 0 aromatic carbocycles. The molecule has 19 heavy (non-hydrogen) atoms. The van der Waals surface area contributed by atoms with Crippen LogP contribution in [-0.4, -0.2) is 94.4 Å². The van der Waals surface area contributed by atoms with Gasteiger partial charge < -0.3 is 15.4 Å². The molecule has 1 heterocycles. The maximum atomic E-state index is 6.16. The van der Waals surface area contributed by atoms with E-state index in [1.165, 1.54) is 19.6 Å². The van der Waals surface area contributed by atoms with E-state index in [-0.39, 0.29) is 0 Å². The van der Waals surface area contributed by atoms with Gasteiger partial charge in [0.1, 0.15) is 0 Å². The lowest BCUT2D eigenvalue weighted by Gasteiger charge is -2.36. The van der Waals surface area contributed by atoms with Crippen LogP contribution in [0.3, 0.4) is 0 Å². The van der Waals surface area contributed by atoms with Gasteiger partial charge in [-0.2, -0.15) is 0 Å². The van der Waals surface area contributed by atoms with E-state index in [0.717, 1.165) is 45.6 Å². The quantitative estimate of drug-likeness (QED) is 0.595. The molecule has 5 nitrogen and oxygen atoms in total. The third kappa shape index (κ3) is 7.84. The van der Waals surface area contributed by atoms with Crippen LogP contribution in [0.1, 0.15) is 12.8 Å². The highest BCUT2D eigenvalue weighted by Gasteiger charge is 2.18. The smallest absolute Gasteiger partial charge is 0.0462 e. The average molecular weight is 272 g/mol. The van der Waals surface area contributed by atoms with Crippen molar-refractivity contribution in [2.45, 2.75) is 18.9 Å².